The van der Waals surface area contributed by atoms with Crippen LogP contribution in [0.15, 0.2) is 40.9 Å². The summed E-state index contributed by atoms with van der Waals surface area (Å²) >= 11 is 6.18. The Hall–Kier alpha value is -2.93. The van der Waals surface area contributed by atoms with Crippen LogP contribution >= 0.6 is 11.6 Å². The van der Waals surface area contributed by atoms with Gasteiger partial charge in [0, 0.05) is 29.2 Å². The molecule has 0 saturated carbocycles. The van der Waals surface area contributed by atoms with Gasteiger partial charge >= 0.3 is 0 Å². The molecule has 0 spiro atoms. The fraction of sp³-hybridized carbons (Fsp3) is 0.250. The number of methoxy groups -OCH3 is 1. The highest BCUT2D eigenvalue weighted by Gasteiger charge is 2.35. The smallest absolute Gasteiger partial charge is 0.232 e. The highest BCUT2D eigenvalue weighted by atomic mass is 35.5. The van der Waals surface area contributed by atoms with E-state index in [1.165, 1.54) is 19.2 Å². The van der Waals surface area contributed by atoms with Crippen molar-refractivity contribution >= 4 is 23.2 Å². The predicted molar refractivity (Wildman–Crippen MR) is 102 cm³/mol. The van der Waals surface area contributed by atoms with Gasteiger partial charge in [0.25, 0.3) is 0 Å². The number of hydrogen-bond donors (Lipinski definition) is 0. The lowest BCUT2D eigenvalue weighted by Crippen LogP contribution is -2.24. The van der Waals surface area contributed by atoms with Gasteiger partial charge < -0.3 is 14.2 Å². The Morgan fingerprint density at radius 3 is 2.82 bits per heavy atom. The summed E-state index contributed by atoms with van der Waals surface area (Å²) in [4.78, 5) is 18.5. The Kier molecular flexibility index (Phi) is 4.77. The molecule has 0 bridgehead atoms. The molecule has 1 aliphatic heterocycles. The summed E-state index contributed by atoms with van der Waals surface area (Å²) in [5.74, 6) is -0.0377. The number of amides is 1. The van der Waals surface area contributed by atoms with Crippen LogP contribution in [0.5, 0.6) is 5.75 Å². The molecular weight excluding hydrogens is 385 g/mol. The second-order valence-electron chi connectivity index (χ2n) is 6.64. The second-order valence-corrected chi connectivity index (χ2v) is 7.05. The van der Waals surface area contributed by atoms with Crippen molar-refractivity contribution in [1.29, 1.82) is 0 Å². The number of carbonyl (C=O) groups is 1. The summed E-state index contributed by atoms with van der Waals surface area (Å²) in [5, 5.41) is 4.54. The Balaban J connectivity index is 1.55. The highest BCUT2D eigenvalue weighted by Crippen LogP contribution is 2.34. The summed E-state index contributed by atoms with van der Waals surface area (Å²) in [6.07, 6.45) is 0.254. The van der Waals surface area contributed by atoms with Crippen LogP contribution in [0.1, 0.15) is 23.8 Å². The maximum absolute atomic E-state index is 13.9. The Morgan fingerprint density at radius 2 is 2.11 bits per heavy atom. The third kappa shape index (κ3) is 3.33. The van der Waals surface area contributed by atoms with Crippen LogP contribution < -0.4 is 9.64 Å². The van der Waals surface area contributed by atoms with Gasteiger partial charge in [-0.05, 0) is 42.8 Å². The zero-order valence-electron chi connectivity index (χ0n) is 15.3. The van der Waals surface area contributed by atoms with Gasteiger partial charge in [0.05, 0.1) is 13.0 Å². The van der Waals surface area contributed by atoms with Gasteiger partial charge in [0.2, 0.25) is 17.6 Å². The van der Waals surface area contributed by atoms with Crippen molar-refractivity contribution < 1.29 is 18.4 Å². The average molecular weight is 402 g/mol. The van der Waals surface area contributed by atoms with Crippen LogP contribution in [0.2, 0.25) is 5.02 Å². The van der Waals surface area contributed by atoms with E-state index >= 15 is 0 Å². The molecule has 0 aliphatic carbocycles. The van der Waals surface area contributed by atoms with Gasteiger partial charge in [-0.1, -0.05) is 22.8 Å². The van der Waals surface area contributed by atoms with Crippen LogP contribution in [0, 0.1) is 12.7 Å². The van der Waals surface area contributed by atoms with Crippen molar-refractivity contribution in [3.63, 3.8) is 0 Å². The average Bonchev–Trinajstić information content (AvgIpc) is 3.31. The van der Waals surface area contributed by atoms with E-state index < -0.39 is 5.82 Å². The lowest BCUT2D eigenvalue weighted by molar-refractivity contribution is -0.117. The zero-order chi connectivity index (χ0) is 19.8. The van der Waals surface area contributed by atoms with Crippen LogP contribution in [-0.4, -0.2) is 29.7 Å². The summed E-state index contributed by atoms with van der Waals surface area (Å²) in [6.45, 7) is 2.32. The topological polar surface area (TPSA) is 68.5 Å². The van der Waals surface area contributed by atoms with E-state index in [0.29, 0.717) is 23.0 Å². The molecule has 28 heavy (non-hydrogen) atoms. The number of nitrogens with zero attached hydrogens (tertiary/aromatic N) is 3. The van der Waals surface area contributed by atoms with Gasteiger partial charge in [-0.15, -0.1) is 0 Å². The standard InChI is InChI=1S/C20H17ClFN3O3/c1-11-3-5-14(9-15(11)21)25-10-13(8-18(25)26)20-23-19(24-28-20)12-4-6-17(27-2)16(22)7-12/h3-7,9,13H,8,10H2,1-2H3. The monoisotopic (exact) mass is 401 g/mol. The molecule has 2 aromatic carbocycles. The largest absolute Gasteiger partial charge is 0.494 e. The van der Waals surface area contributed by atoms with E-state index in [2.05, 4.69) is 10.1 Å². The number of halogens is 2. The van der Waals surface area contributed by atoms with Gasteiger partial charge in [-0.3, -0.25) is 4.79 Å². The van der Waals surface area contributed by atoms with E-state index in [0.717, 1.165) is 11.3 Å². The molecule has 2 heterocycles. The lowest BCUT2D eigenvalue weighted by Gasteiger charge is -2.17. The molecule has 4 rings (SSSR count). The van der Waals surface area contributed by atoms with Crippen LogP contribution in [0.3, 0.4) is 0 Å². The minimum Gasteiger partial charge on any atom is -0.494 e. The SMILES string of the molecule is COc1ccc(-c2noc(C3CC(=O)N(c4ccc(C)c(Cl)c4)C3)n2)cc1F. The summed E-state index contributed by atoms with van der Waals surface area (Å²) in [6, 6.07) is 9.95. The molecule has 6 nitrogen and oxygen atoms in total. The molecule has 1 saturated heterocycles. The van der Waals surface area contributed by atoms with Gasteiger partial charge in [0.1, 0.15) is 0 Å². The molecule has 1 fully saturated rings. The van der Waals surface area contributed by atoms with Crippen molar-refractivity contribution in [3.05, 3.63) is 58.7 Å². The van der Waals surface area contributed by atoms with Crippen molar-refractivity contribution in [3.8, 4) is 17.1 Å². The number of aryl methyl sites for hydroxylation is 1. The van der Waals surface area contributed by atoms with Gasteiger partial charge in [-0.2, -0.15) is 4.98 Å². The maximum Gasteiger partial charge on any atom is 0.232 e. The van der Waals surface area contributed by atoms with Crippen LogP contribution in [0.4, 0.5) is 10.1 Å². The van der Waals surface area contributed by atoms with Crippen LogP contribution in [-0.2, 0) is 4.79 Å². The van der Waals surface area contributed by atoms with Crippen molar-refractivity contribution in [2.45, 2.75) is 19.3 Å². The Morgan fingerprint density at radius 1 is 1.29 bits per heavy atom. The number of hydrogen-bond acceptors (Lipinski definition) is 5. The first-order chi connectivity index (χ1) is 13.5. The summed E-state index contributed by atoms with van der Waals surface area (Å²) in [5.41, 5.74) is 2.15. The Labute approximate surface area is 165 Å². The first kappa shape index (κ1) is 18.4. The van der Waals surface area contributed by atoms with E-state index in [-0.39, 0.29) is 29.8 Å². The van der Waals surface area contributed by atoms with E-state index in [1.54, 1.807) is 17.0 Å². The maximum atomic E-state index is 13.9. The summed E-state index contributed by atoms with van der Waals surface area (Å²) in [7, 11) is 1.40. The van der Waals surface area contributed by atoms with E-state index in [1.807, 2.05) is 19.1 Å². The molecule has 3 aromatic rings. The fourth-order valence-corrected chi connectivity index (χ4v) is 3.37. The molecule has 1 aliphatic rings. The fourth-order valence-electron chi connectivity index (χ4n) is 3.20. The molecule has 0 N–H and O–H groups in total. The van der Waals surface area contributed by atoms with Crippen LogP contribution in [0.25, 0.3) is 11.4 Å². The number of anilines is 1. The Bertz CT molecular complexity index is 1050. The third-order valence-electron chi connectivity index (χ3n) is 4.79. The molecule has 0 radical (unpaired) electrons. The van der Waals surface area contributed by atoms with Crippen molar-refractivity contribution in [2.75, 3.05) is 18.6 Å². The minimum absolute atomic E-state index is 0.0415. The third-order valence-corrected chi connectivity index (χ3v) is 5.20. The molecule has 144 valence electrons. The predicted octanol–water partition coefficient (Wildman–Crippen LogP) is 4.37. The lowest BCUT2D eigenvalue weighted by atomic mass is 10.1. The zero-order valence-corrected chi connectivity index (χ0v) is 16.0. The number of aromatic nitrogens is 2. The van der Waals surface area contributed by atoms with Gasteiger partial charge in [0.15, 0.2) is 11.6 Å². The van der Waals surface area contributed by atoms with E-state index in [4.69, 9.17) is 20.9 Å². The number of ether oxygens (including phenoxy) is 1. The first-order valence-electron chi connectivity index (χ1n) is 8.70. The molecule has 1 amide bonds. The molecule has 1 unspecified atom stereocenters. The first-order valence-corrected chi connectivity index (χ1v) is 9.08. The second kappa shape index (κ2) is 7.24. The van der Waals surface area contributed by atoms with Crippen molar-refractivity contribution in [1.82, 2.24) is 10.1 Å². The molecule has 1 atom stereocenters. The molecular formula is C20H17ClFN3O3. The quantitative estimate of drug-likeness (QED) is 0.649. The van der Waals surface area contributed by atoms with Crippen molar-refractivity contribution in [2.24, 2.45) is 0 Å². The van der Waals surface area contributed by atoms with Gasteiger partial charge in [-0.25, -0.2) is 4.39 Å². The molecule has 8 heteroatoms. The highest BCUT2D eigenvalue weighted by molar-refractivity contribution is 6.31. The number of benzene rings is 2. The number of rotatable bonds is 4. The molecule has 1 aromatic heterocycles. The van der Waals surface area contributed by atoms with E-state index in [9.17, 15) is 9.18 Å². The number of carbonyl (C=O) groups excluding carboxylic acids is 1. The summed E-state index contributed by atoms with van der Waals surface area (Å²) < 4.78 is 24.2. The minimum atomic E-state index is -0.509. The normalized spacial score (nSPS) is 16.6.